The Labute approximate surface area is 105 Å². The molecule has 1 aliphatic heterocycles. The van der Waals surface area contributed by atoms with Gasteiger partial charge in [0.25, 0.3) is 0 Å². The van der Waals surface area contributed by atoms with Crippen molar-refractivity contribution in [2.45, 2.75) is 46.8 Å². The molecular weight excluding hydrogens is 214 g/mol. The van der Waals surface area contributed by atoms with Gasteiger partial charge in [0.1, 0.15) is 0 Å². The Morgan fingerprint density at radius 1 is 1.35 bits per heavy atom. The highest BCUT2D eigenvalue weighted by Crippen LogP contribution is 2.17. The highest BCUT2D eigenvalue weighted by Gasteiger charge is 2.37. The molecule has 0 aromatic rings. The summed E-state index contributed by atoms with van der Waals surface area (Å²) in [5.74, 6) is 0.705. The molecule has 0 spiro atoms. The van der Waals surface area contributed by atoms with E-state index in [0.29, 0.717) is 5.92 Å². The predicted octanol–water partition coefficient (Wildman–Crippen LogP) is 1.13. The van der Waals surface area contributed by atoms with E-state index in [9.17, 15) is 4.79 Å². The zero-order valence-corrected chi connectivity index (χ0v) is 11.9. The van der Waals surface area contributed by atoms with Crippen LogP contribution < -0.4 is 5.32 Å². The van der Waals surface area contributed by atoms with Crippen LogP contribution in [-0.2, 0) is 4.79 Å². The van der Waals surface area contributed by atoms with Gasteiger partial charge < -0.3 is 9.80 Å². The van der Waals surface area contributed by atoms with Crippen molar-refractivity contribution < 1.29 is 4.79 Å². The van der Waals surface area contributed by atoms with E-state index in [1.54, 1.807) is 0 Å². The van der Waals surface area contributed by atoms with Gasteiger partial charge in [-0.3, -0.25) is 10.1 Å². The molecule has 1 heterocycles. The van der Waals surface area contributed by atoms with Crippen LogP contribution in [-0.4, -0.2) is 54.1 Å². The lowest BCUT2D eigenvalue weighted by molar-refractivity contribution is -0.130. The molecule has 2 unspecified atom stereocenters. The lowest BCUT2D eigenvalue weighted by Crippen LogP contribution is -2.45. The van der Waals surface area contributed by atoms with E-state index in [4.69, 9.17) is 0 Å². The number of nitrogens with zero attached hydrogens (tertiary/aromatic N) is 2. The van der Waals surface area contributed by atoms with Gasteiger partial charge in [0, 0.05) is 13.1 Å². The third kappa shape index (κ3) is 3.42. The van der Waals surface area contributed by atoms with E-state index in [0.717, 1.165) is 26.2 Å². The van der Waals surface area contributed by atoms with Crippen LogP contribution in [0.15, 0.2) is 0 Å². The highest BCUT2D eigenvalue weighted by atomic mass is 16.2. The first-order chi connectivity index (χ1) is 8.01. The van der Waals surface area contributed by atoms with Crippen LogP contribution in [0.25, 0.3) is 0 Å². The number of carbonyl (C=O) groups excluding carboxylic acids is 1. The Hall–Kier alpha value is -0.610. The molecule has 0 aliphatic carbocycles. The van der Waals surface area contributed by atoms with E-state index in [2.05, 4.69) is 37.9 Å². The minimum absolute atomic E-state index is 0.0286. The van der Waals surface area contributed by atoms with Gasteiger partial charge in [-0.1, -0.05) is 27.7 Å². The van der Waals surface area contributed by atoms with Gasteiger partial charge in [0.05, 0.1) is 12.2 Å². The van der Waals surface area contributed by atoms with E-state index < -0.39 is 0 Å². The highest BCUT2D eigenvalue weighted by molar-refractivity contribution is 5.83. The van der Waals surface area contributed by atoms with Crippen molar-refractivity contribution in [3.8, 4) is 0 Å². The lowest BCUT2D eigenvalue weighted by atomic mass is 10.1. The van der Waals surface area contributed by atoms with E-state index in [1.165, 1.54) is 0 Å². The third-order valence-electron chi connectivity index (χ3n) is 3.59. The second-order valence-electron chi connectivity index (χ2n) is 5.14. The second-order valence-corrected chi connectivity index (χ2v) is 5.14. The lowest BCUT2D eigenvalue weighted by Gasteiger charge is -2.29. The van der Waals surface area contributed by atoms with Gasteiger partial charge in [-0.05, 0) is 25.9 Å². The van der Waals surface area contributed by atoms with Crippen LogP contribution in [0.3, 0.4) is 0 Å². The van der Waals surface area contributed by atoms with Crippen molar-refractivity contribution in [2.75, 3.05) is 26.2 Å². The molecule has 2 atom stereocenters. The standard InChI is InChI=1S/C13H27N3O/c1-6-15(7-2)8-9-16-12(10(3)4)14-11(5)13(16)17/h10-12,14H,6-9H2,1-5H3. The maximum absolute atomic E-state index is 12.1. The number of amides is 1. The molecule has 17 heavy (non-hydrogen) atoms. The SMILES string of the molecule is CCN(CC)CCN1C(=O)C(C)NC1C(C)C. The van der Waals surface area contributed by atoms with Gasteiger partial charge in [0.2, 0.25) is 5.91 Å². The summed E-state index contributed by atoms with van der Waals surface area (Å²) in [5, 5.41) is 3.37. The molecule has 4 heteroatoms. The summed E-state index contributed by atoms with van der Waals surface area (Å²) in [5.41, 5.74) is 0. The Morgan fingerprint density at radius 3 is 2.41 bits per heavy atom. The molecule has 1 rings (SSSR count). The Morgan fingerprint density at radius 2 is 1.94 bits per heavy atom. The third-order valence-corrected chi connectivity index (χ3v) is 3.59. The van der Waals surface area contributed by atoms with Crippen molar-refractivity contribution >= 4 is 5.91 Å². The molecule has 100 valence electrons. The molecule has 1 saturated heterocycles. The summed E-state index contributed by atoms with van der Waals surface area (Å²) in [6, 6.07) is -0.0286. The van der Waals surface area contributed by atoms with Gasteiger partial charge in [-0.25, -0.2) is 0 Å². The fourth-order valence-electron chi connectivity index (χ4n) is 2.39. The topological polar surface area (TPSA) is 35.6 Å². The number of hydrogen-bond donors (Lipinski definition) is 1. The van der Waals surface area contributed by atoms with Crippen LogP contribution in [0.1, 0.15) is 34.6 Å². The summed E-state index contributed by atoms with van der Waals surface area (Å²) in [6.45, 7) is 14.5. The molecule has 0 bridgehead atoms. The number of hydrogen-bond acceptors (Lipinski definition) is 3. The van der Waals surface area contributed by atoms with Crippen LogP contribution in [0.4, 0.5) is 0 Å². The van der Waals surface area contributed by atoms with Gasteiger partial charge in [-0.15, -0.1) is 0 Å². The van der Waals surface area contributed by atoms with Crippen LogP contribution in [0.2, 0.25) is 0 Å². The number of likely N-dealkylation sites (N-methyl/N-ethyl adjacent to an activating group) is 1. The fraction of sp³-hybridized carbons (Fsp3) is 0.923. The van der Waals surface area contributed by atoms with Crippen molar-refractivity contribution in [3.05, 3.63) is 0 Å². The summed E-state index contributed by atoms with van der Waals surface area (Å²) >= 11 is 0. The van der Waals surface area contributed by atoms with Crippen molar-refractivity contribution in [3.63, 3.8) is 0 Å². The number of nitrogens with one attached hydrogen (secondary N) is 1. The van der Waals surface area contributed by atoms with Crippen LogP contribution in [0.5, 0.6) is 0 Å². The predicted molar refractivity (Wildman–Crippen MR) is 70.7 cm³/mol. The monoisotopic (exact) mass is 241 g/mol. The molecule has 1 N–H and O–H groups in total. The summed E-state index contributed by atoms with van der Waals surface area (Å²) in [7, 11) is 0. The zero-order valence-electron chi connectivity index (χ0n) is 11.9. The molecule has 0 aromatic carbocycles. The van der Waals surface area contributed by atoms with Crippen molar-refractivity contribution in [1.82, 2.24) is 15.1 Å². The first-order valence-electron chi connectivity index (χ1n) is 6.80. The second kappa shape index (κ2) is 6.36. The average Bonchev–Trinajstić information content (AvgIpc) is 2.58. The van der Waals surface area contributed by atoms with Crippen LogP contribution >= 0.6 is 0 Å². The maximum Gasteiger partial charge on any atom is 0.240 e. The first-order valence-corrected chi connectivity index (χ1v) is 6.80. The molecule has 1 aliphatic rings. The van der Waals surface area contributed by atoms with Crippen LogP contribution in [0, 0.1) is 5.92 Å². The van der Waals surface area contributed by atoms with E-state index in [-0.39, 0.29) is 18.1 Å². The zero-order chi connectivity index (χ0) is 13.0. The Kier molecular flexibility index (Phi) is 5.40. The summed E-state index contributed by atoms with van der Waals surface area (Å²) in [4.78, 5) is 16.4. The fourth-order valence-corrected chi connectivity index (χ4v) is 2.39. The number of rotatable bonds is 6. The van der Waals surface area contributed by atoms with Gasteiger partial charge in [0.15, 0.2) is 0 Å². The molecule has 4 nitrogen and oxygen atoms in total. The molecular formula is C13H27N3O. The molecule has 1 fully saturated rings. The van der Waals surface area contributed by atoms with Gasteiger partial charge in [-0.2, -0.15) is 0 Å². The summed E-state index contributed by atoms with van der Waals surface area (Å²) < 4.78 is 0. The first kappa shape index (κ1) is 14.5. The van der Waals surface area contributed by atoms with Gasteiger partial charge >= 0.3 is 0 Å². The summed E-state index contributed by atoms with van der Waals surface area (Å²) in [6.07, 6.45) is 0.202. The smallest absolute Gasteiger partial charge is 0.240 e. The average molecular weight is 241 g/mol. The largest absolute Gasteiger partial charge is 0.324 e. The van der Waals surface area contributed by atoms with Crippen molar-refractivity contribution in [2.24, 2.45) is 5.92 Å². The van der Waals surface area contributed by atoms with E-state index >= 15 is 0 Å². The van der Waals surface area contributed by atoms with Crippen molar-refractivity contribution in [1.29, 1.82) is 0 Å². The Bertz CT molecular complexity index is 251. The molecule has 0 radical (unpaired) electrons. The molecule has 0 aromatic heterocycles. The van der Waals surface area contributed by atoms with E-state index in [1.807, 2.05) is 11.8 Å². The maximum atomic E-state index is 12.1. The minimum Gasteiger partial charge on any atom is -0.324 e. The number of carbonyl (C=O) groups is 1. The minimum atomic E-state index is -0.0286. The molecule has 1 amide bonds. The Balaban J connectivity index is 2.57. The normalized spacial score (nSPS) is 25.4. The quantitative estimate of drug-likeness (QED) is 0.757. The molecule has 0 saturated carbocycles.